The van der Waals surface area contributed by atoms with E-state index in [2.05, 4.69) is 22.2 Å². The molecule has 0 saturated carbocycles. The number of ether oxygens (including phenoxy) is 2. The summed E-state index contributed by atoms with van der Waals surface area (Å²) in [6, 6.07) is 14.7. The van der Waals surface area contributed by atoms with Gasteiger partial charge in [-0.05, 0) is 64.5 Å². The highest BCUT2D eigenvalue weighted by atomic mass is 35.5. The summed E-state index contributed by atoms with van der Waals surface area (Å²) in [6.45, 7) is 8.75. The van der Waals surface area contributed by atoms with Crippen molar-refractivity contribution >= 4 is 34.9 Å². The lowest BCUT2D eigenvalue weighted by Gasteiger charge is -2.30. The van der Waals surface area contributed by atoms with Crippen LogP contribution in [-0.4, -0.2) is 67.7 Å². The van der Waals surface area contributed by atoms with E-state index < -0.39 is 23.0 Å². The van der Waals surface area contributed by atoms with Crippen LogP contribution in [0.15, 0.2) is 48.5 Å². The quantitative estimate of drug-likeness (QED) is 0.408. The minimum atomic E-state index is -2.05. The number of halogens is 1. The van der Waals surface area contributed by atoms with Gasteiger partial charge in [-0.3, -0.25) is 4.79 Å². The van der Waals surface area contributed by atoms with E-state index in [1.807, 2.05) is 36.4 Å². The number of likely N-dealkylation sites (N-methyl/N-ethyl adjacent to an activating group) is 1. The number of esters is 1. The molecule has 3 rings (SSSR count). The maximum absolute atomic E-state index is 13.3. The Hall–Kier alpha value is -2.65. The Morgan fingerprint density at radius 2 is 1.78 bits per heavy atom. The zero-order valence-electron chi connectivity index (χ0n) is 21.6. The van der Waals surface area contributed by atoms with E-state index >= 15 is 0 Å². The molecule has 196 valence electrons. The fourth-order valence-corrected chi connectivity index (χ4v) is 4.16. The van der Waals surface area contributed by atoms with E-state index in [9.17, 15) is 9.59 Å². The summed E-state index contributed by atoms with van der Waals surface area (Å²) in [4.78, 5) is 30.9. The molecule has 3 N–H and O–H groups in total. The highest BCUT2D eigenvalue weighted by molar-refractivity contribution is 6.33. The summed E-state index contributed by atoms with van der Waals surface area (Å²) in [5.74, 6) is -1.60. The first kappa shape index (κ1) is 27.9. The largest absolute Gasteiger partial charge is 0.458 e. The Morgan fingerprint density at radius 1 is 1.06 bits per heavy atom. The van der Waals surface area contributed by atoms with E-state index in [4.69, 9.17) is 26.8 Å². The lowest BCUT2D eigenvalue weighted by atomic mass is 10.00. The third-order valence-electron chi connectivity index (χ3n) is 5.88. The number of rotatable bonds is 8. The molecule has 1 saturated heterocycles. The van der Waals surface area contributed by atoms with Crippen molar-refractivity contribution in [2.75, 3.05) is 50.1 Å². The minimum Gasteiger partial charge on any atom is -0.458 e. The number of hydrogen-bond acceptors (Lipinski definition) is 7. The van der Waals surface area contributed by atoms with Crippen molar-refractivity contribution in [3.63, 3.8) is 0 Å². The van der Waals surface area contributed by atoms with E-state index in [1.54, 1.807) is 32.9 Å². The Bertz CT molecular complexity index is 1040. The van der Waals surface area contributed by atoms with E-state index in [-0.39, 0.29) is 13.2 Å². The van der Waals surface area contributed by atoms with Gasteiger partial charge in [-0.1, -0.05) is 41.9 Å². The van der Waals surface area contributed by atoms with Crippen molar-refractivity contribution in [1.29, 1.82) is 0 Å². The second-order valence-electron chi connectivity index (χ2n) is 10.2. The molecule has 1 atom stereocenters. The van der Waals surface area contributed by atoms with Crippen molar-refractivity contribution in [3.05, 3.63) is 59.1 Å². The van der Waals surface area contributed by atoms with Gasteiger partial charge in [0.15, 0.2) is 0 Å². The van der Waals surface area contributed by atoms with Crippen molar-refractivity contribution in [2.24, 2.45) is 5.73 Å². The van der Waals surface area contributed by atoms with Gasteiger partial charge in [0.05, 0.1) is 23.9 Å². The first-order valence-corrected chi connectivity index (χ1v) is 12.5. The third kappa shape index (κ3) is 7.67. The molecule has 1 heterocycles. The summed E-state index contributed by atoms with van der Waals surface area (Å²) >= 11 is 6.60. The topological polar surface area (TPSA) is 97.1 Å². The first-order valence-electron chi connectivity index (χ1n) is 12.2. The molecule has 2 aromatic rings. The molecule has 1 amide bonds. The molecule has 0 bridgehead atoms. The normalized spacial score (nSPS) is 16.7. The van der Waals surface area contributed by atoms with Crippen molar-refractivity contribution in [1.82, 2.24) is 4.90 Å². The van der Waals surface area contributed by atoms with Gasteiger partial charge in [-0.15, -0.1) is 0 Å². The molecule has 0 radical (unpaired) electrons. The van der Waals surface area contributed by atoms with Gasteiger partial charge in [-0.25, -0.2) is 4.79 Å². The van der Waals surface area contributed by atoms with E-state index in [1.165, 1.54) is 0 Å². The van der Waals surface area contributed by atoms with Crippen LogP contribution in [0.5, 0.6) is 0 Å². The first-order chi connectivity index (χ1) is 17.0. The Labute approximate surface area is 218 Å². The average molecular weight is 517 g/mol. The number of hydrogen-bond donors (Lipinski definition) is 2. The Balaban J connectivity index is 1.74. The second kappa shape index (κ2) is 12.1. The Kier molecular flexibility index (Phi) is 9.35. The number of amides is 1. The lowest BCUT2D eigenvalue weighted by Crippen LogP contribution is -2.62. The molecular formula is C27H37ClN4O4. The number of nitrogens with two attached hydrogens (primary N) is 1. The molecule has 36 heavy (non-hydrogen) atoms. The van der Waals surface area contributed by atoms with Crippen molar-refractivity contribution < 1.29 is 19.1 Å². The standard InChI is InChI=1S/C27H37ClN4O4/c1-26(2,3)36-25(34)27(29,19-35-18-20-9-6-5-7-10-20)24(33)30-21-11-12-23(22(28)17-21)32-14-8-13-31(4)15-16-32/h5-7,9-12,17H,8,13-16,18-19,29H2,1-4H3,(H,30,33)/t27-/m1/s1. The van der Waals surface area contributed by atoms with Gasteiger partial charge in [0.1, 0.15) is 5.60 Å². The molecule has 0 unspecified atom stereocenters. The van der Waals surface area contributed by atoms with Crippen LogP contribution in [0.4, 0.5) is 11.4 Å². The molecular weight excluding hydrogens is 480 g/mol. The molecule has 8 nitrogen and oxygen atoms in total. The molecule has 0 spiro atoms. The van der Waals surface area contributed by atoms with Gasteiger partial charge < -0.3 is 30.3 Å². The van der Waals surface area contributed by atoms with E-state index in [0.717, 1.165) is 43.9 Å². The zero-order valence-corrected chi connectivity index (χ0v) is 22.3. The summed E-state index contributed by atoms with van der Waals surface area (Å²) in [5, 5.41) is 3.24. The van der Waals surface area contributed by atoms with Crippen LogP contribution in [-0.2, 0) is 25.7 Å². The lowest BCUT2D eigenvalue weighted by molar-refractivity contribution is -0.166. The van der Waals surface area contributed by atoms with Crippen LogP contribution in [0.1, 0.15) is 32.8 Å². The van der Waals surface area contributed by atoms with Crippen LogP contribution >= 0.6 is 11.6 Å². The highest BCUT2D eigenvalue weighted by Crippen LogP contribution is 2.30. The zero-order chi connectivity index (χ0) is 26.3. The van der Waals surface area contributed by atoms with Crippen LogP contribution in [0.25, 0.3) is 0 Å². The number of benzene rings is 2. The van der Waals surface area contributed by atoms with Crippen LogP contribution < -0.4 is 16.0 Å². The third-order valence-corrected chi connectivity index (χ3v) is 6.18. The van der Waals surface area contributed by atoms with Gasteiger partial charge in [-0.2, -0.15) is 0 Å². The van der Waals surface area contributed by atoms with E-state index in [0.29, 0.717) is 10.7 Å². The monoisotopic (exact) mass is 516 g/mol. The molecule has 9 heteroatoms. The predicted molar refractivity (Wildman–Crippen MR) is 143 cm³/mol. The fourth-order valence-electron chi connectivity index (χ4n) is 3.86. The molecule has 1 aliphatic heterocycles. The number of anilines is 2. The second-order valence-corrected chi connectivity index (χ2v) is 10.6. The molecule has 0 aromatic heterocycles. The van der Waals surface area contributed by atoms with Gasteiger partial charge >= 0.3 is 5.97 Å². The Morgan fingerprint density at radius 3 is 2.44 bits per heavy atom. The van der Waals surface area contributed by atoms with Gasteiger partial charge in [0, 0.05) is 25.3 Å². The molecule has 1 fully saturated rings. The van der Waals surface area contributed by atoms with Gasteiger partial charge in [0.25, 0.3) is 5.91 Å². The summed E-state index contributed by atoms with van der Waals surface area (Å²) in [7, 11) is 2.11. The number of nitrogens with zero attached hydrogens (tertiary/aromatic N) is 2. The van der Waals surface area contributed by atoms with Crippen LogP contribution in [0, 0.1) is 0 Å². The summed E-state index contributed by atoms with van der Waals surface area (Å²) in [5.41, 5.74) is 5.72. The minimum absolute atomic E-state index is 0.196. The predicted octanol–water partition coefficient (Wildman–Crippen LogP) is 3.68. The summed E-state index contributed by atoms with van der Waals surface area (Å²) < 4.78 is 11.2. The maximum atomic E-state index is 13.3. The van der Waals surface area contributed by atoms with Gasteiger partial charge in [0.2, 0.25) is 5.54 Å². The fraction of sp³-hybridized carbons (Fsp3) is 0.481. The van der Waals surface area contributed by atoms with Crippen molar-refractivity contribution in [3.8, 4) is 0 Å². The summed E-state index contributed by atoms with van der Waals surface area (Å²) in [6.07, 6.45) is 1.04. The SMILES string of the molecule is CN1CCCN(c2ccc(NC(=O)[C@](N)(COCc3ccccc3)C(=O)OC(C)(C)C)cc2Cl)CC1. The van der Waals surface area contributed by atoms with Crippen molar-refractivity contribution in [2.45, 2.75) is 44.9 Å². The highest BCUT2D eigenvalue weighted by Gasteiger charge is 2.46. The van der Waals surface area contributed by atoms with Crippen LogP contribution in [0.2, 0.25) is 5.02 Å². The number of carbonyl (C=O) groups excluding carboxylic acids is 2. The smallest absolute Gasteiger partial charge is 0.338 e. The average Bonchev–Trinajstić information content (AvgIpc) is 3.03. The maximum Gasteiger partial charge on any atom is 0.338 e. The molecule has 0 aliphatic carbocycles. The molecule has 2 aromatic carbocycles. The number of nitrogens with one attached hydrogen (secondary N) is 1. The number of carbonyl (C=O) groups is 2. The molecule has 1 aliphatic rings. The van der Waals surface area contributed by atoms with Crippen LogP contribution in [0.3, 0.4) is 0 Å².